The van der Waals surface area contributed by atoms with Crippen LogP contribution in [0.2, 0.25) is 0 Å². The maximum Gasteiger partial charge on any atom is 0.573 e. The van der Waals surface area contributed by atoms with Gasteiger partial charge in [0.05, 0.1) is 11.2 Å². The first-order chi connectivity index (χ1) is 14.3. The molecule has 31 heavy (non-hydrogen) atoms. The summed E-state index contributed by atoms with van der Waals surface area (Å²) < 4.78 is 52.7. The lowest BCUT2D eigenvalue weighted by Gasteiger charge is -2.32. The molecule has 3 amide bonds. The molecule has 0 radical (unpaired) electrons. The number of amides is 3. The highest BCUT2D eigenvalue weighted by molar-refractivity contribution is 7.80. The molecular formula is C18H16F3N3O6S. The topological polar surface area (TPSA) is 97.4 Å². The Bertz CT molecular complexity index is 1030. The summed E-state index contributed by atoms with van der Waals surface area (Å²) in [6.45, 7) is 3.10. The zero-order chi connectivity index (χ0) is 22.9. The van der Waals surface area contributed by atoms with Gasteiger partial charge in [0.2, 0.25) is 5.60 Å². The number of rotatable bonds is 2. The molecule has 1 aromatic rings. The summed E-state index contributed by atoms with van der Waals surface area (Å²) in [7, 11) is 1.38. The second-order valence-corrected chi connectivity index (χ2v) is 8.20. The molecule has 0 bridgehead atoms. The third-order valence-electron chi connectivity index (χ3n) is 5.31. The number of nitrogens with zero attached hydrogens (tertiary/aromatic N) is 2. The molecule has 13 heteroatoms. The van der Waals surface area contributed by atoms with Gasteiger partial charge in [0.15, 0.2) is 6.04 Å². The average molecular weight is 459 g/mol. The molecule has 0 aromatic heterocycles. The van der Waals surface area contributed by atoms with Crippen molar-refractivity contribution >= 4 is 41.0 Å². The number of imide groups is 1. The van der Waals surface area contributed by atoms with Crippen LogP contribution in [0.4, 0.5) is 23.7 Å². The van der Waals surface area contributed by atoms with Gasteiger partial charge in [0.1, 0.15) is 12.4 Å². The molecule has 3 aliphatic heterocycles. The predicted molar refractivity (Wildman–Crippen MR) is 101 cm³/mol. The molecule has 1 spiro atoms. The Balaban J connectivity index is 1.84. The van der Waals surface area contributed by atoms with Gasteiger partial charge in [-0.25, -0.2) is 9.69 Å². The van der Waals surface area contributed by atoms with Crippen LogP contribution in [0, 0.1) is 0 Å². The second kappa shape index (κ2) is 6.45. The van der Waals surface area contributed by atoms with E-state index in [0.29, 0.717) is 0 Å². The predicted octanol–water partition coefficient (Wildman–Crippen LogP) is 1.79. The minimum Gasteiger partial charge on any atom is -0.447 e. The van der Waals surface area contributed by atoms with Gasteiger partial charge in [0.25, 0.3) is 17.0 Å². The van der Waals surface area contributed by atoms with Gasteiger partial charge in [-0.2, -0.15) is 0 Å². The Labute approximate surface area is 179 Å². The number of carbonyl (C=O) groups is 3. The molecule has 9 nitrogen and oxygen atoms in total. The summed E-state index contributed by atoms with van der Waals surface area (Å²) in [5.74, 6) is -2.23. The van der Waals surface area contributed by atoms with Crippen LogP contribution in [-0.2, 0) is 24.7 Å². The number of thiocarbonyl (C=S) groups is 1. The molecule has 1 N–H and O–H groups in total. The standard InChI is InChI=1S/C18H16F3N3O6S/c1-16(2)7-28-15(27)24(16)12(25)11-17(30-14(31)22-11)9-6-8(29-18(19,20)21)4-5-10(9)23(3)13(17)26/h4-6,11H,7H2,1-3H3,(H,22,31)/t11-,17-/m0/s1. The Morgan fingerprint density at radius 3 is 2.58 bits per heavy atom. The van der Waals surface area contributed by atoms with Crippen molar-refractivity contribution in [2.24, 2.45) is 0 Å². The normalized spacial score (nSPS) is 26.6. The number of ether oxygens (including phenoxy) is 3. The zero-order valence-corrected chi connectivity index (χ0v) is 17.2. The summed E-state index contributed by atoms with van der Waals surface area (Å²) >= 11 is 5.02. The monoisotopic (exact) mass is 459 g/mol. The molecule has 2 saturated heterocycles. The van der Waals surface area contributed by atoms with E-state index in [1.807, 2.05) is 0 Å². The third kappa shape index (κ3) is 3.06. The van der Waals surface area contributed by atoms with E-state index >= 15 is 0 Å². The van der Waals surface area contributed by atoms with Crippen LogP contribution in [0.1, 0.15) is 19.4 Å². The highest BCUT2D eigenvalue weighted by Crippen LogP contribution is 2.49. The lowest BCUT2D eigenvalue weighted by atomic mass is 9.86. The van der Waals surface area contributed by atoms with E-state index in [1.54, 1.807) is 13.8 Å². The number of likely N-dealkylation sites (N-methyl/N-ethyl adjacent to an activating group) is 1. The fourth-order valence-electron chi connectivity index (χ4n) is 3.98. The maximum absolute atomic E-state index is 13.4. The van der Waals surface area contributed by atoms with Gasteiger partial charge >= 0.3 is 12.5 Å². The Hall–Kier alpha value is -3.09. The van der Waals surface area contributed by atoms with E-state index in [4.69, 9.17) is 21.7 Å². The molecule has 166 valence electrons. The molecule has 3 aliphatic rings. The van der Waals surface area contributed by atoms with Crippen molar-refractivity contribution in [1.29, 1.82) is 0 Å². The van der Waals surface area contributed by atoms with Crippen LogP contribution in [0.15, 0.2) is 18.2 Å². The molecule has 3 heterocycles. The van der Waals surface area contributed by atoms with Crippen LogP contribution < -0.4 is 15.0 Å². The van der Waals surface area contributed by atoms with E-state index < -0.39 is 47.2 Å². The van der Waals surface area contributed by atoms with E-state index in [0.717, 1.165) is 21.9 Å². The zero-order valence-electron chi connectivity index (χ0n) is 16.4. The van der Waals surface area contributed by atoms with Gasteiger partial charge < -0.3 is 24.4 Å². The number of anilines is 1. The van der Waals surface area contributed by atoms with Crippen LogP contribution in [0.25, 0.3) is 0 Å². The van der Waals surface area contributed by atoms with E-state index in [9.17, 15) is 27.6 Å². The molecule has 1 aromatic carbocycles. The fourth-order valence-corrected chi connectivity index (χ4v) is 4.22. The largest absolute Gasteiger partial charge is 0.573 e. The molecule has 2 atom stereocenters. The van der Waals surface area contributed by atoms with E-state index in [1.165, 1.54) is 13.1 Å². The number of nitrogens with one attached hydrogen (secondary N) is 1. The van der Waals surface area contributed by atoms with E-state index in [2.05, 4.69) is 10.1 Å². The third-order valence-corrected chi connectivity index (χ3v) is 5.51. The number of hydrogen-bond donors (Lipinski definition) is 1. The Kier molecular flexibility index (Phi) is 4.40. The molecule has 0 unspecified atom stereocenters. The number of benzene rings is 1. The van der Waals surface area contributed by atoms with Crippen LogP contribution in [0.3, 0.4) is 0 Å². The van der Waals surface area contributed by atoms with Crippen LogP contribution in [0.5, 0.6) is 5.75 Å². The van der Waals surface area contributed by atoms with Crippen molar-refractivity contribution in [2.45, 2.75) is 37.4 Å². The Morgan fingerprint density at radius 2 is 2.00 bits per heavy atom. The number of halogens is 3. The molecule has 4 rings (SSSR count). The number of cyclic esters (lactones) is 1. The Morgan fingerprint density at radius 1 is 1.32 bits per heavy atom. The first kappa shape index (κ1) is 21.2. The smallest absolute Gasteiger partial charge is 0.447 e. The lowest BCUT2D eigenvalue weighted by molar-refractivity contribution is -0.274. The summed E-state index contributed by atoms with van der Waals surface area (Å²) in [6.07, 6.45) is -5.89. The van der Waals surface area contributed by atoms with E-state index in [-0.39, 0.29) is 23.0 Å². The average Bonchev–Trinajstić information content (AvgIpc) is 3.21. The molecule has 0 saturated carbocycles. The van der Waals surface area contributed by atoms with Gasteiger partial charge in [0, 0.05) is 12.6 Å². The van der Waals surface area contributed by atoms with Crippen molar-refractivity contribution in [3.05, 3.63) is 23.8 Å². The highest BCUT2D eigenvalue weighted by Gasteiger charge is 2.66. The highest BCUT2D eigenvalue weighted by atomic mass is 32.1. The summed E-state index contributed by atoms with van der Waals surface area (Å²) in [5, 5.41) is 2.26. The lowest BCUT2D eigenvalue weighted by Crippen LogP contribution is -2.60. The first-order valence-electron chi connectivity index (χ1n) is 8.97. The minimum atomic E-state index is -4.97. The first-order valence-corrected chi connectivity index (χ1v) is 9.37. The SMILES string of the molecule is CN1C(=O)[C@]2(OC(=S)N[C@H]2C(=O)N2C(=O)OCC2(C)C)c2cc(OC(F)(F)F)ccc21. The van der Waals surface area contributed by atoms with Gasteiger partial charge in [-0.1, -0.05) is 0 Å². The number of alkyl halides is 3. The number of fused-ring (bicyclic) bond motifs is 2. The van der Waals surface area contributed by atoms with Crippen LogP contribution >= 0.6 is 12.2 Å². The van der Waals surface area contributed by atoms with Gasteiger partial charge in [-0.05, 0) is 44.3 Å². The van der Waals surface area contributed by atoms with Crippen molar-refractivity contribution in [3.63, 3.8) is 0 Å². The number of carbonyl (C=O) groups excluding carboxylic acids is 3. The van der Waals surface area contributed by atoms with Crippen molar-refractivity contribution in [3.8, 4) is 5.75 Å². The summed E-state index contributed by atoms with van der Waals surface area (Å²) in [5.41, 5.74) is -3.01. The maximum atomic E-state index is 13.4. The number of hydrogen-bond acceptors (Lipinski definition) is 7. The van der Waals surface area contributed by atoms with Crippen LogP contribution in [-0.4, -0.2) is 59.6 Å². The molecular weight excluding hydrogens is 443 g/mol. The summed E-state index contributed by atoms with van der Waals surface area (Å²) in [4.78, 5) is 40.8. The van der Waals surface area contributed by atoms with Gasteiger partial charge in [-0.3, -0.25) is 9.59 Å². The fraction of sp³-hybridized carbons (Fsp3) is 0.444. The molecule has 0 aliphatic carbocycles. The summed E-state index contributed by atoms with van der Waals surface area (Å²) in [6, 6.07) is 1.71. The van der Waals surface area contributed by atoms with Gasteiger partial charge in [-0.15, -0.1) is 13.2 Å². The molecule has 2 fully saturated rings. The van der Waals surface area contributed by atoms with Crippen molar-refractivity contribution in [1.82, 2.24) is 10.2 Å². The van der Waals surface area contributed by atoms with Crippen molar-refractivity contribution < 1.29 is 41.8 Å². The minimum absolute atomic E-state index is 0.0576. The quantitative estimate of drug-likeness (QED) is 0.669. The second-order valence-electron chi connectivity index (χ2n) is 7.83. The van der Waals surface area contributed by atoms with Crippen molar-refractivity contribution in [2.75, 3.05) is 18.6 Å².